The number of hydrogen-bond donors (Lipinski definition) is 0. The van der Waals surface area contributed by atoms with Gasteiger partial charge in [-0.3, -0.25) is 4.79 Å². The van der Waals surface area contributed by atoms with Crippen LogP contribution in [-0.2, 0) is 0 Å². The fourth-order valence-electron chi connectivity index (χ4n) is 2.20. The molecule has 0 saturated carbocycles. The molecule has 1 heterocycles. The van der Waals surface area contributed by atoms with E-state index in [2.05, 4.69) is 4.98 Å². The minimum atomic E-state index is -0.947. The van der Waals surface area contributed by atoms with Crippen molar-refractivity contribution in [2.24, 2.45) is 0 Å². The van der Waals surface area contributed by atoms with Crippen LogP contribution in [0.3, 0.4) is 0 Å². The molecule has 5 heteroatoms. The third kappa shape index (κ3) is 3.16. The molecule has 0 fully saturated rings. The Labute approximate surface area is 142 Å². The maximum atomic E-state index is 12.6. The summed E-state index contributed by atoms with van der Waals surface area (Å²) < 4.78 is 0. The van der Waals surface area contributed by atoms with Gasteiger partial charge in [0.25, 0.3) is 0 Å². The zero-order valence-electron chi connectivity index (χ0n) is 11.9. The number of rotatable bonds is 4. The Hall–Kier alpha value is -2.48. The van der Waals surface area contributed by atoms with Gasteiger partial charge in [-0.05, 0) is 12.1 Å². The Morgan fingerprint density at radius 2 is 1.83 bits per heavy atom. The number of nitrogens with zero attached hydrogens (tertiary/aromatic N) is 2. The first-order valence-corrected chi connectivity index (χ1v) is 8.15. The molecule has 3 nitrogen and oxygen atoms in total. The number of benzene rings is 2. The summed E-state index contributed by atoms with van der Waals surface area (Å²) in [5.74, 6) is -1.27. The maximum absolute atomic E-state index is 12.6. The van der Waals surface area contributed by atoms with Crippen molar-refractivity contribution in [3.8, 4) is 17.3 Å². The first kappa shape index (κ1) is 15.4. The summed E-state index contributed by atoms with van der Waals surface area (Å²) in [6.45, 7) is 0. The van der Waals surface area contributed by atoms with Crippen molar-refractivity contribution in [3.63, 3.8) is 0 Å². The molecule has 0 aliphatic heterocycles. The fourth-order valence-corrected chi connectivity index (χ4v) is 3.30. The van der Waals surface area contributed by atoms with Crippen molar-refractivity contribution in [2.75, 3.05) is 0 Å². The number of hydrogen-bond acceptors (Lipinski definition) is 4. The Morgan fingerprint density at radius 3 is 2.52 bits per heavy atom. The molecule has 0 spiro atoms. The van der Waals surface area contributed by atoms with Gasteiger partial charge in [0.1, 0.15) is 5.01 Å². The summed E-state index contributed by atoms with van der Waals surface area (Å²) in [7, 11) is 0. The highest BCUT2D eigenvalue weighted by Crippen LogP contribution is 2.30. The van der Waals surface area contributed by atoms with Crippen molar-refractivity contribution in [1.82, 2.24) is 4.98 Å². The number of thiazole rings is 1. The standard InChI is InChI=1S/C18H11ClN2OS/c19-15-9-5-4-8-13(15)17(22)14(10-20)18-21-16(11-23-18)12-6-2-1-3-7-12/h1-9,11,14H. The molecule has 0 radical (unpaired) electrons. The van der Waals surface area contributed by atoms with Gasteiger partial charge in [0.2, 0.25) is 0 Å². The van der Waals surface area contributed by atoms with Crippen molar-refractivity contribution in [2.45, 2.75) is 5.92 Å². The molecule has 1 unspecified atom stereocenters. The lowest BCUT2D eigenvalue weighted by Crippen LogP contribution is -2.11. The second-order valence-corrected chi connectivity index (χ2v) is 6.14. The van der Waals surface area contributed by atoms with Gasteiger partial charge in [-0.25, -0.2) is 4.98 Å². The summed E-state index contributed by atoms with van der Waals surface area (Å²) in [4.78, 5) is 17.1. The van der Waals surface area contributed by atoms with E-state index in [4.69, 9.17) is 11.6 Å². The van der Waals surface area contributed by atoms with Gasteiger partial charge in [0, 0.05) is 16.5 Å². The van der Waals surface area contributed by atoms with Crippen LogP contribution in [0.2, 0.25) is 5.02 Å². The van der Waals surface area contributed by atoms with Crippen molar-refractivity contribution in [3.05, 3.63) is 75.6 Å². The summed E-state index contributed by atoms with van der Waals surface area (Å²) in [5.41, 5.74) is 2.06. The van der Waals surface area contributed by atoms with E-state index >= 15 is 0 Å². The number of aromatic nitrogens is 1. The Bertz CT molecular complexity index is 883. The van der Waals surface area contributed by atoms with Gasteiger partial charge in [0.15, 0.2) is 11.7 Å². The summed E-state index contributed by atoms with van der Waals surface area (Å²) >= 11 is 7.37. The second-order valence-electron chi connectivity index (χ2n) is 4.84. The number of carbonyl (C=O) groups is 1. The third-order valence-corrected chi connectivity index (χ3v) is 4.61. The van der Waals surface area contributed by atoms with Gasteiger partial charge in [-0.15, -0.1) is 11.3 Å². The minimum absolute atomic E-state index is 0.327. The molecule has 2 aromatic carbocycles. The van der Waals surface area contributed by atoms with Gasteiger partial charge < -0.3 is 0 Å². The van der Waals surface area contributed by atoms with Crippen LogP contribution in [0.5, 0.6) is 0 Å². The Morgan fingerprint density at radius 1 is 1.13 bits per heavy atom. The lowest BCUT2D eigenvalue weighted by atomic mass is 9.99. The molecule has 1 aromatic heterocycles. The van der Waals surface area contributed by atoms with E-state index in [-0.39, 0.29) is 5.78 Å². The fraction of sp³-hybridized carbons (Fsp3) is 0.0556. The van der Waals surface area contributed by atoms with E-state index in [1.54, 1.807) is 24.3 Å². The average Bonchev–Trinajstić information content (AvgIpc) is 3.06. The number of halogens is 1. The molecule has 0 amide bonds. The predicted octanol–water partition coefficient (Wildman–Crippen LogP) is 4.95. The molecule has 3 aromatic rings. The molecule has 0 N–H and O–H groups in total. The lowest BCUT2D eigenvalue weighted by Gasteiger charge is -2.06. The highest BCUT2D eigenvalue weighted by molar-refractivity contribution is 7.10. The molecular weight excluding hydrogens is 328 g/mol. The molecule has 112 valence electrons. The van der Waals surface area contributed by atoms with Crippen molar-refractivity contribution >= 4 is 28.7 Å². The summed E-state index contributed by atoms with van der Waals surface area (Å²) in [6, 6.07) is 18.4. The highest BCUT2D eigenvalue weighted by Gasteiger charge is 2.26. The zero-order valence-corrected chi connectivity index (χ0v) is 13.5. The number of ketones is 1. The van der Waals surface area contributed by atoms with Crippen molar-refractivity contribution < 1.29 is 4.79 Å². The summed E-state index contributed by atoms with van der Waals surface area (Å²) in [6.07, 6.45) is 0. The van der Waals surface area contributed by atoms with E-state index in [1.165, 1.54) is 11.3 Å². The minimum Gasteiger partial charge on any atom is -0.292 e. The Kier molecular flexibility index (Phi) is 4.52. The molecule has 0 saturated heterocycles. The second kappa shape index (κ2) is 6.74. The van der Waals surface area contributed by atoms with Crippen LogP contribution in [0.15, 0.2) is 60.0 Å². The summed E-state index contributed by atoms with van der Waals surface area (Å²) in [5, 5.41) is 12.1. The van der Waals surface area contributed by atoms with Crippen LogP contribution < -0.4 is 0 Å². The van der Waals surface area contributed by atoms with E-state index < -0.39 is 5.92 Å². The average molecular weight is 339 g/mol. The first-order valence-electron chi connectivity index (χ1n) is 6.90. The van der Waals surface area contributed by atoms with Crippen LogP contribution in [0.4, 0.5) is 0 Å². The van der Waals surface area contributed by atoms with E-state index in [0.717, 1.165) is 11.3 Å². The van der Waals surface area contributed by atoms with Crippen LogP contribution >= 0.6 is 22.9 Å². The normalized spacial score (nSPS) is 11.7. The lowest BCUT2D eigenvalue weighted by molar-refractivity contribution is 0.0979. The molecular formula is C18H11ClN2OS. The zero-order chi connectivity index (χ0) is 16.2. The quantitative estimate of drug-likeness (QED) is 0.632. The first-order chi connectivity index (χ1) is 11.2. The van der Waals surface area contributed by atoms with Crippen LogP contribution in [0.1, 0.15) is 21.3 Å². The number of Topliss-reactive ketones (excluding diaryl/α,β-unsaturated/α-hetero) is 1. The smallest absolute Gasteiger partial charge is 0.188 e. The predicted molar refractivity (Wildman–Crippen MR) is 91.7 cm³/mol. The molecule has 3 rings (SSSR count). The SMILES string of the molecule is N#CC(C(=O)c1ccccc1Cl)c1nc(-c2ccccc2)cs1. The van der Waals surface area contributed by atoms with Gasteiger partial charge in [0.05, 0.1) is 16.8 Å². The molecule has 0 aliphatic rings. The largest absolute Gasteiger partial charge is 0.292 e. The van der Waals surface area contributed by atoms with Crippen molar-refractivity contribution in [1.29, 1.82) is 5.26 Å². The number of nitriles is 1. The van der Waals surface area contributed by atoms with Crippen LogP contribution in [0, 0.1) is 11.3 Å². The van der Waals surface area contributed by atoms with E-state index in [9.17, 15) is 10.1 Å². The Balaban J connectivity index is 1.94. The number of carbonyl (C=O) groups excluding carboxylic acids is 1. The van der Waals surface area contributed by atoms with Crippen LogP contribution in [-0.4, -0.2) is 10.8 Å². The molecule has 0 aliphatic carbocycles. The van der Waals surface area contributed by atoms with Gasteiger partial charge in [-0.2, -0.15) is 5.26 Å². The van der Waals surface area contributed by atoms with Gasteiger partial charge in [-0.1, -0.05) is 54.1 Å². The van der Waals surface area contributed by atoms with Crippen LogP contribution in [0.25, 0.3) is 11.3 Å². The monoisotopic (exact) mass is 338 g/mol. The highest BCUT2D eigenvalue weighted by atomic mass is 35.5. The molecule has 23 heavy (non-hydrogen) atoms. The molecule has 1 atom stereocenters. The topological polar surface area (TPSA) is 53.8 Å². The third-order valence-electron chi connectivity index (χ3n) is 3.37. The molecule has 0 bridgehead atoms. The maximum Gasteiger partial charge on any atom is 0.188 e. The van der Waals surface area contributed by atoms with E-state index in [0.29, 0.717) is 15.6 Å². The van der Waals surface area contributed by atoms with E-state index in [1.807, 2.05) is 41.8 Å². The van der Waals surface area contributed by atoms with Gasteiger partial charge >= 0.3 is 0 Å².